The number of nitrogens with one attached hydrogen (secondary N) is 2. The van der Waals surface area contributed by atoms with Crippen LogP contribution < -0.4 is 20.1 Å². The summed E-state index contributed by atoms with van der Waals surface area (Å²) in [7, 11) is 3.46. The van der Waals surface area contributed by atoms with E-state index in [1.807, 2.05) is 12.1 Å². The maximum atomic E-state index is 6.28. The van der Waals surface area contributed by atoms with Gasteiger partial charge in [-0.25, -0.2) is 0 Å². The van der Waals surface area contributed by atoms with Gasteiger partial charge in [0, 0.05) is 37.9 Å². The Morgan fingerprint density at radius 2 is 2.07 bits per heavy atom. The van der Waals surface area contributed by atoms with Crippen molar-refractivity contribution >= 4 is 5.96 Å². The molecular formula is C22H35N3O4. The average Bonchev–Trinajstić information content (AvgIpc) is 3.44. The van der Waals surface area contributed by atoms with Gasteiger partial charge in [-0.1, -0.05) is 0 Å². The Bertz CT molecular complexity index is 655. The number of ether oxygens (including phenoxy) is 4. The number of benzene rings is 1. The molecule has 2 unspecified atom stereocenters. The quantitative estimate of drug-likeness (QED) is 0.486. The van der Waals surface area contributed by atoms with Crippen LogP contribution in [0.2, 0.25) is 0 Å². The van der Waals surface area contributed by atoms with Crippen molar-refractivity contribution in [3.63, 3.8) is 0 Å². The zero-order chi connectivity index (χ0) is 20.5. The number of hydrogen-bond acceptors (Lipinski definition) is 5. The minimum atomic E-state index is 0.145. The lowest BCUT2D eigenvalue weighted by molar-refractivity contribution is 0.0347. The fourth-order valence-corrected chi connectivity index (χ4v) is 3.68. The summed E-state index contributed by atoms with van der Waals surface area (Å²) in [5.74, 6) is 2.44. The number of aliphatic imine (C=N–C) groups is 1. The van der Waals surface area contributed by atoms with Crippen LogP contribution in [-0.2, 0) is 16.0 Å². The number of guanidine groups is 1. The summed E-state index contributed by atoms with van der Waals surface area (Å²) >= 11 is 0. The summed E-state index contributed by atoms with van der Waals surface area (Å²) in [5.41, 5.74) is 1.09. The van der Waals surface area contributed by atoms with Gasteiger partial charge >= 0.3 is 0 Å². The Morgan fingerprint density at radius 1 is 1.24 bits per heavy atom. The predicted molar refractivity (Wildman–Crippen MR) is 114 cm³/mol. The van der Waals surface area contributed by atoms with Crippen molar-refractivity contribution in [3.05, 3.63) is 23.8 Å². The van der Waals surface area contributed by atoms with Gasteiger partial charge < -0.3 is 29.6 Å². The lowest BCUT2D eigenvalue weighted by Gasteiger charge is -2.21. The molecule has 2 N–H and O–H groups in total. The van der Waals surface area contributed by atoms with E-state index < -0.39 is 0 Å². The first-order valence-electron chi connectivity index (χ1n) is 10.7. The molecule has 0 spiro atoms. The van der Waals surface area contributed by atoms with E-state index in [1.165, 1.54) is 12.8 Å². The summed E-state index contributed by atoms with van der Waals surface area (Å²) in [6.45, 7) is 4.82. The topological polar surface area (TPSA) is 73.3 Å². The van der Waals surface area contributed by atoms with Crippen molar-refractivity contribution < 1.29 is 18.9 Å². The third-order valence-electron chi connectivity index (χ3n) is 5.39. The molecule has 1 heterocycles. The minimum absolute atomic E-state index is 0.145. The molecule has 3 rings (SSSR count). The highest BCUT2D eigenvalue weighted by Crippen LogP contribution is 2.30. The van der Waals surface area contributed by atoms with Crippen molar-refractivity contribution in [2.75, 3.05) is 34.0 Å². The molecule has 7 heteroatoms. The highest BCUT2D eigenvalue weighted by Gasteiger charge is 2.19. The van der Waals surface area contributed by atoms with Crippen LogP contribution in [0.4, 0.5) is 0 Å². The van der Waals surface area contributed by atoms with Crippen molar-refractivity contribution in [1.29, 1.82) is 0 Å². The Hall–Kier alpha value is -1.99. The first-order chi connectivity index (χ1) is 14.2. The van der Waals surface area contributed by atoms with Gasteiger partial charge in [-0.2, -0.15) is 0 Å². The van der Waals surface area contributed by atoms with Gasteiger partial charge in [-0.3, -0.25) is 4.99 Å². The molecule has 162 valence electrons. The lowest BCUT2D eigenvalue weighted by Crippen LogP contribution is -2.44. The van der Waals surface area contributed by atoms with Crippen LogP contribution in [0.1, 0.15) is 44.6 Å². The molecule has 0 radical (unpaired) electrons. The van der Waals surface area contributed by atoms with E-state index in [9.17, 15) is 0 Å². The van der Waals surface area contributed by atoms with Crippen LogP contribution in [0, 0.1) is 0 Å². The monoisotopic (exact) mass is 405 g/mol. The van der Waals surface area contributed by atoms with Gasteiger partial charge in [-0.05, 0) is 51.2 Å². The lowest BCUT2D eigenvalue weighted by atomic mass is 10.2. The van der Waals surface area contributed by atoms with Crippen LogP contribution in [0.3, 0.4) is 0 Å². The maximum Gasteiger partial charge on any atom is 0.191 e. The summed E-state index contributed by atoms with van der Waals surface area (Å²) in [6.07, 6.45) is 6.21. The Labute approximate surface area is 174 Å². The molecule has 1 aliphatic carbocycles. The predicted octanol–water partition coefficient (Wildman–Crippen LogP) is 2.88. The van der Waals surface area contributed by atoms with Gasteiger partial charge in [0.2, 0.25) is 0 Å². The number of hydrogen-bond donors (Lipinski definition) is 2. The second-order valence-electron chi connectivity index (χ2n) is 7.79. The van der Waals surface area contributed by atoms with Gasteiger partial charge in [0.05, 0.1) is 32.5 Å². The minimum Gasteiger partial charge on any atom is -0.497 e. The van der Waals surface area contributed by atoms with E-state index in [0.717, 1.165) is 48.9 Å². The Kier molecular flexibility index (Phi) is 8.43. The third-order valence-corrected chi connectivity index (χ3v) is 5.39. The molecule has 0 amide bonds. The fourth-order valence-electron chi connectivity index (χ4n) is 3.68. The number of methoxy groups -OCH3 is 1. The number of nitrogens with zero attached hydrogens (tertiary/aromatic N) is 1. The van der Waals surface area contributed by atoms with Crippen LogP contribution in [0.25, 0.3) is 0 Å². The second kappa shape index (κ2) is 11.3. The van der Waals surface area contributed by atoms with Crippen LogP contribution in [-0.4, -0.2) is 58.2 Å². The van der Waals surface area contributed by atoms with Crippen molar-refractivity contribution in [1.82, 2.24) is 10.6 Å². The summed E-state index contributed by atoms with van der Waals surface area (Å²) in [6, 6.07) is 6.14. The van der Waals surface area contributed by atoms with E-state index >= 15 is 0 Å². The van der Waals surface area contributed by atoms with Gasteiger partial charge in [0.15, 0.2) is 5.96 Å². The molecule has 1 saturated heterocycles. The van der Waals surface area contributed by atoms with Crippen LogP contribution in [0.5, 0.6) is 11.5 Å². The van der Waals surface area contributed by atoms with Crippen molar-refractivity contribution in [2.24, 2.45) is 4.99 Å². The highest BCUT2D eigenvalue weighted by atomic mass is 16.5. The normalized spacial score (nSPS) is 21.2. The third kappa shape index (κ3) is 6.78. The molecule has 1 saturated carbocycles. The molecule has 1 aromatic rings. The molecule has 0 aromatic heterocycles. The van der Waals surface area contributed by atoms with E-state index in [0.29, 0.717) is 25.9 Å². The smallest absolute Gasteiger partial charge is 0.191 e. The van der Waals surface area contributed by atoms with Gasteiger partial charge in [0.1, 0.15) is 11.5 Å². The number of rotatable bonds is 9. The van der Waals surface area contributed by atoms with Gasteiger partial charge in [0.25, 0.3) is 0 Å². The van der Waals surface area contributed by atoms with Gasteiger partial charge in [-0.15, -0.1) is 0 Å². The first kappa shape index (κ1) is 21.7. The van der Waals surface area contributed by atoms with Crippen molar-refractivity contribution in [3.8, 4) is 11.5 Å². The average molecular weight is 406 g/mol. The SMILES string of the molecule is CN=C(NCc1ccc(OC)cc1OC1CCCC1)NC(C)COC1CCOC1. The summed E-state index contributed by atoms with van der Waals surface area (Å²) in [5, 5.41) is 6.77. The Morgan fingerprint density at radius 3 is 2.76 bits per heavy atom. The van der Waals surface area contributed by atoms with E-state index in [-0.39, 0.29) is 12.1 Å². The molecule has 2 aliphatic rings. The largest absolute Gasteiger partial charge is 0.497 e. The highest BCUT2D eigenvalue weighted by molar-refractivity contribution is 5.80. The zero-order valence-electron chi connectivity index (χ0n) is 17.9. The van der Waals surface area contributed by atoms with Crippen LogP contribution in [0.15, 0.2) is 23.2 Å². The molecule has 1 aliphatic heterocycles. The fraction of sp³-hybridized carbons (Fsp3) is 0.682. The molecule has 2 atom stereocenters. The first-order valence-corrected chi connectivity index (χ1v) is 10.7. The molecule has 1 aromatic carbocycles. The maximum absolute atomic E-state index is 6.28. The van der Waals surface area contributed by atoms with E-state index in [1.54, 1.807) is 14.2 Å². The zero-order valence-corrected chi connectivity index (χ0v) is 17.9. The molecule has 0 bridgehead atoms. The van der Waals surface area contributed by atoms with Crippen molar-refractivity contribution in [2.45, 2.75) is 63.8 Å². The van der Waals surface area contributed by atoms with E-state index in [2.05, 4.69) is 28.6 Å². The van der Waals surface area contributed by atoms with E-state index in [4.69, 9.17) is 18.9 Å². The summed E-state index contributed by atoms with van der Waals surface area (Å²) in [4.78, 5) is 4.34. The summed E-state index contributed by atoms with van der Waals surface area (Å²) < 4.78 is 22.9. The standard InChI is InChI=1S/C22H35N3O4/c1-16(14-28-20-10-11-27-15-20)25-22(23-2)24-13-17-8-9-19(26-3)12-21(17)29-18-6-4-5-7-18/h8-9,12,16,18,20H,4-7,10-11,13-15H2,1-3H3,(H2,23,24,25). The Balaban J connectivity index is 1.52. The molecule has 7 nitrogen and oxygen atoms in total. The molecule has 2 fully saturated rings. The molecular weight excluding hydrogens is 370 g/mol. The second-order valence-corrected chi connectivity index (χ2v) is 7.79. The molecule has 29 heavy (non-hydrogen) atoms. The van der Waals surface area contributed by atoms with Crippen LogP contribution >= 0.6 is 0 Å².